The molecular weight excluding hydrogens is 426 g/mol. The predicted molar refractivity (Wildman–Crippen MR) is 117 cm³/mol. The number of hydrogen-bond donors (Lipinski definition) is 2. The lowest BCUT2D eigenvalue weighted by molar-refractivity contribution is -0.144. The highest BCUT2D eigenvalue weighted by atomic mass is 16.5. The largest absolute Gasteiger partial charge is 0.461 e. The number of aliphatic hydroxyl groups is 1. The van der Waals surface area contributed by atoms with E-state index in [1.807, 2.05) is 30.3 Å². The first-order valence-electron chi connectivity index (χ1n) is 10.5. The zero-order valence-electron chi connectivity index (χ0n) is 18.0. The monoisotopic (exact) mass is 447 g/mol. The number of pyridine rings is 1. The van der Waals surface area contributed by atoms with Crippen molar-refractivity contribution in [3.05, 3.63) is 54.0 Å². The minimum atomic E-state index is -1.71. The summed E-state index contributed by atoms with van der Waals surface area (Å²) < 4.78 is 10.5. The van der Waals surface area contributed by atoms with Crippen molar-refractivity contribution in [2.24, 2.45) is 0 Å². The summed E-state index contributed by atoms with van der Waals surface area (Å²) in [5, 5.41) is 22.4. The van der Waals surface area contributed by atoms with E-state index in [9.17, 15) is 14.7 Å². The van der Waals surface area contributed by atoms with Crippen LogP contribution in [0.1, 0.15) is 29.6 Å². The molecule has 1 aliphatic heterocycles. The third-order valence-electron chi connectivity index (χ3n) is 5.78. The molecule has 4 heterocycles. The van der Waals surface area contributed by atoms with Gasteiger partial charge in [-0.2, -0.15) is 5.10 Å². The van der Waals surface area contributed by atoms with Crippen molar-refractivity contribution in [2.75, 3.05) is 20.2 Å². The van der Waals surface area contributed by atoms with Gasteiger partial charge < -0.3 is 19.3 Å². The second kappa shape index (κ2) is 7.82. The number of fused-ring (bicyclic) bond motifs is 1. The van der Waals surface area contributed by atoms with Crippen molar-refractivity contribution in [1.29, 1.82) is 0 Å². The van der Waals surface area contributed by atoms with Gasteiger partial charge in [-0.1, -0.05) is 23.4 Å². The second-order valence-electron chi connectivity index (χ2n) is 7.90. The van der Waals surface area contributed by atoms with Crippen LogP contribution < -0.4 is 0 Å². The number of carbonyl (C=O) groups excluding carboxylic acids is 2. The topological polar surface area (TPSA) is 134 Å². The maximum Gasteiger partial charge on any atom is 0.359 e. The van der Waals surface area contributed by atoms with Gasteiger partial charge in [0.25, 0.3) is 5.91 Å². The van der Waals surface area contributed by atoms with Crippen LogP contribution in [0.5, 0.6) is 0 Å². The van der Waals surface area contributed by atoms with Crippen molar-refractivity contribution in [3.8, 4) is 22.5 Å². The molecule has 0 aliphatic carbocycles. The molecule has 1 fully saturated rings. The van der Waals surface area contributed by atoms with Crippen LogP contribution in [0.15, 0.2) is 47.1 Å². The predicted octanol–water partition coefficient (Wildman–Crippen LogP) is 2.51. The van der Waals surface area contributed by atoms with E-state index in [1.54, 1.807) is 26.2 Å². The first kappa shape index (κ1) is 20.8. The summed E-state index contributed by atoms with van der Waals surface area (Å²) in [5.74, 6) is -0.840. The van der Waals surface area contributed by atoms with Gasteiger partial charge in [0.05, 0.1) is 24.0 Å². The number of benzene rings is 1. The Hall–Kier alpha value is -4.05. The number of esters is 1. The number of carbonyl (C=O) groups is 2. The second-order valence-corrected chi connectivity index (χ2v) is 7.90. The highest BCUT2D eigenvalue weighted by molar-refractivity contribution is 6.02. The average Bonchev–Trinajstić information content (AvgIpc) is 3.56. The van der Waals surface area contributed by atoms with E-state index < -0.39 is 17.5 Å². The first-order chi connectivity index (χ1) is 15.9. The van der Waals surface area contributed by atoms with Gasteiger partial charge >= 0.3 is 5.97 Å². The molecule has 5 rings (SSSR count). The van der Waals surface area contributed by atoms with Crippen molar-refractivity contribution >= 4 is 22.8 Å². The number of likely N-dealkylation sites (N-methyl/N-ethyl adjacent to an activating group) is 1. The number of nitrogens with one attached hydrogen (secondary N) is 1. The Kier molecular flexibility index (Phi) is 4.94. The molecular formula is C23H21N5O5. The molecule has 0 radical (unpaired) electrons. The molecule has 1 atom stereocenters. The molecule has 4 aromatic rings. The number of H-pyrrole nitrogens is 1. The third-order valence-corrected chi connectivity index (χ3v) is 5.78. The van der Waals surface area contributed by atoms with Gasteiger partial charge in [0.15, 0.2) is 11.5 Å². The first-order valence-corrected chi connectivity index (χ1v) is 10.5. The van der Waals surface area contributed by atoms with Crippen LogP contribution in [0.2, 0.25) is 0 Å². The zero-order chi connectivity index (χ0) is 23.2. The van der Waals surface area contributed by atoms with Gasteiger partial charge in [-0.25, -0.2) is 9.78 Å². The Bertz CT molecular complexity index is 1380. The Morgan fingerprint density at radius 1 is 1.27 bits per heavy atom. The fourth-order valence-electron chi connectivity index (χ4n) is 3.97. The number of aromatic amines is 1. The maximum absolute atomic E-state index is 12.4. The van der Waals surface area contributed by atoms with Crippen LogP contribution in [-0.2, 0) is 15.1 Å². The Morgan fingerprint density at radius 3 is 2.79 bits per heavy atom. The summed E-state index contributed by atoms with van der Waals surface area (Å²) in [6.45, 7) is 2.40. The highest BCUT2D eigenvalue weighted by Gasteiger charge is 2.48. The lowest BCUT2D eigenvalue weighted by Crippen LogP contribution is -2.35. The molecule has 10 nitrogen and oxygen atoms in total. The van der Waals surface area contributed by atoms with Crippen molar-refractivity contribution < 1.29 is 24.0 Å². The van der Waals surface area contributed by atoms with Gasteiger partial charge in [0, 0.05) is 42.6 Å². The normalized spacial score (nSPS) is 18.3. The van der Waals surface area contributed by atoms with Crippen LogP contribution >= 0.6 is 0 Å². The van der Waals surface area contributed by atoms with Crippen LogP contribution in [0.3, 0.4) is 0 Å². The van der Waals surface area contributed by atoms with E-state index in [2.05, 4.69) is 20.3 Å². The lowest BCUT2D eigenvalue weighted by Gasteiger charge is -2.16. The van der Waals surface area contributed by atoms with Crippen molar-refractivity contribution in [3.63, 3.8) is 0 Å². The number of rotatable bonds is 5. The minimum Gasteiger partial charge on any atom is -0.461 e. The molecule has 0 saturated carbocycles. The third kappa shape index (κ3) is 3.44. The van der Waals surface area contributed by atoms with Gasteiger partial charge in [0.2, 0.25) is 5.60 Å². The van der Waals surface area contributed by atoms with Crippen molar-refractivity contribution in [1.82, 2.24) is 25.2 Å². The fourth-order valence-corrected chi connectivity index (χ4v) is 3.97. The number of likely N-dealkylation sites (tertiary alicyclic amines) is 1. The van der Waals surface area contributed by atoms with E-state index in [1.165, 1.54) is 4.90 Å². The van der Waals surface area contributed by atoms with E-state index in [-0.39, 0.29) is 24.5 Å². The number of nitrogens with zero attached hydrogens (tertiary/aromatic N) is 4. The molecule has 3 aromatic heterocycles. The minimum absolute atomic E-state index is 0.111. The summed E-state index contributed by atoms with van der Waals surface area (Å²) in [6.07, 6.45) is 1.86. The standard InChI is InChI=1S/C23H21N5O5/c1-3-32-21(29)20-19-15(12-24-26-19)10-16(25-20)13-5-4-6-14(9-13)17-11-18(33-27-17)23(31)7-8-28(2)22(23)30/h4-6,9-12,31H,3,7-8H2,1-2H3,(H,24,26)/t23-/m1/s1. The molecule has 1 saturated heterocycles. The Balaban J connectivity index is 1.52. The molecule has 2 N–H and O–H groups in total. The SMILES string of the molecule is CCOC(=O)c1nc(-c2cccc(-c3cc([C@]4(O)CCN(C)C4=O)on3)c2)cc2cn[nH]c12. The fraction of sp³-hybridized carbons (Fsp3) is 0.261. The maximum atomic E-state index is 12.4. The lowest BCUT2D eigenvalue weighted by atomic mass is 9.97. The molecule has 33 heavy (non-hydrogen) atoms. The van der Waals surface area contributed by atoms with E-state index >= 15 is 0 Å². The summed E-state index contributed by atoms with van der Waals surface area (Å²) in [4.78, 5) is 30.8. The molecule has 1 amide bonds. The Labute approximate surface area is 188 Å². The number of amides is 1. The number of aromatic nitrogens is 4. The van der Waals surface area contributed by atoms with Gasteiger partial charge in [-0.05, 0) is 19.1 Å². The highest BCUT2D eigenvalue weighted by Crippen LogP contribution is 2.35. The van der Waals surface area contributed by atoms with Crippen molar-refractivity contribution in [2.45, 2.75) is 18.9 Å². The molecule has 168 valence electrons. The summed E-state index contributed by atoms with van der Waals surface area (Å²) in [5.41, 5.74) is 1.43. The molecule has 10 heteroatoms. The van der Waals surface area contributed by atoms with Crippen LogP contribution in [0, 0.1) is 0 Å². The molecule has 0 unspecified atom stereocenters. The molecule has 0 spiro atoms. The van der Waals surface area contributed by atoms with Gasteiger partial charge in [-0.3, -0.25) is 9.89 Å². The van der Waals surface area contributed by atoms with E-state index in [0.29, 0.717) is 29.0 Å². The van der Waals surface area contributed by atoms with E-state index in [4.69, 9.17) is 9.26 Å². The summed E-state index contributed by atoms with van der Waals surface area (Å²) in [7, 11) is 1.63. The van der Waals surface area contributed by atoms with Gasteiger partial charge in [0.1, 0.15) is 5.69 Å². The van der Waals surface area contributed by atoms with Crippen LogP contribution in [0.25, 0.3) is 33.4 Å². The average molecular weight is 447 g/mol. The number of ether oxygens (including phenoxy) is 1. The molecule has 1 aliphatic rings. The summed E-state index contributed by atoms with van der Waals surface area (Å²) in [6, 6.07) is 10.8. The smallest absolute Gasteiger partial charge is 0.359 e. The van der Waals surface area contributed by atoms with Gasteiger partial charge in [-0.15, -0.1) is 0 Å². The molecule has 1 aromatic carbocycles. The van der Waals surface area contributed by atoms with Crippen LogP contribution in [-0.4, -0.2) is 62.4 Å². The summed E-state index contributed by atoms with van der Waals surface area (Å²) >= 11 is 0. The molecule has 0 bridgehead atoms. The quantitative estimate of drug-likeness (QED) is 0.446. The Morgan fingerprint density at radius 2 is 2.06 bits per heavy atom. The number of hydrogen-bond acceptors (Lipinski definition) is 8. The van der Waals surface area contributed by atoms with E-state index in [0.717, 1.165) is 10.9 Å². The zero-order valence-corrected chi connectivity index (χ0v) is 18.0. The van der Waals surface area contributed by atoms with Crippen LogP contribution in [0.4, 0.5) is 0 Å².